The predicted molar refractivity (Wildman–Crippen MR) is 110 cm³/mol. The third-order valence-electron chi connectivity index (χ3n) is 5.41. The molecule has 150 valence electrons. The number of benzene rings is 1. The van der Waals surface area contributed by atoms with Gasteiger partial charge in [0.05, 0.1) is 17.2 Å². The van der Waals surface area contributed by atoms with Crippen LogP contribution in [-0.4, -0.2) is 37.9 Å². The minimum atomic E-state index is -0.256. The lowest BCUT2D eigenvalue weighted by atomic mass is 9.93. The van der Waals surface area contributed by atoms with Crippen molar-refractivity contribution in [3.63, 3.8) is 0 Å². The third-order valence-corrected chi connectivity index (χ3v) is 5.41. The molecule has 1 saturated carbocycles. The van der Waals surface area contributed by atoms with Crippen LogP contribution in [-0.2, 0) is 0 Å². The van der Waals surface area contributed by atoms with Gasteiger partial charge in [0.25, 0.3) is 11.5 Å². The van der Waals surface area contributed by atoms with E-state index >= 15 is 0 Å². The highest BCUT2D eigenvalue weighted by atomic mass is 16.3. The summed E-state index contributed by atoms with van der Waals surface area (Å²) < 4.78 is 1.36. The summed E-state index contributed by atoms with van der Waals surface area (Å²) in [4.78, 5) is 29.5. The molecule has 7 nitrogen and oxygen atoms in total. The largest absolute Gasteiger partial charge is 0.393 e. The lowest BCUT2D eigenvalue weighted by Crippen LogP contribution is -2.38. The monoisotopic (exact) mass is 392 g/mol. The van der Waals surface area contributed by atoms with Gasteiger partial charge in [-0.2, -0.15) is 0 Å². The van der Waals surface area contributed by atoms with Crippen LogP contribution < -0.4 is 10.9 Å². The number of aliphatic hydroxyl groups excluding tert-OH is 1. The number of aromatic amines is 1. The number of carbonyl (C=O) groups is 1. The minimum absolute atomic E-state index is 0.0775. The number of aliphatic hydroxyl groups is 1. The van der Waals surface area contributed by atoms with Gasteiger partial charge >= 0.3 is 0 Å². The second kappa shape index (κ2) is 8.05. The van der Waals surface area contributed by atoms with Crippen molar-refractivity contribution in [1.29, 1.82) is 0 Å². The molecule has 1 aliphatic carbocycles. The number of aryl methyl sites for hydroxylation is 1. The maximum Gasteiger partial charge on any atom is 0.280 e. The Morgan fingerprint density at radius 1 is 1.14 bits per heavy atom. The van der Waals surface area contributed by atoms with Crippen LogP contribution in [0.5, 0.6) is 0 Å². The zero-order chi connectivity index (χ0) is 20.4. The topological polar surface area (TPSA) is 100 Å². The minimum Gasteiger partial charge on any atom is -0.393 e. The Morgan fingerprint density at radius 2 is 1.86 bits per heavy atom. The lowest BCUT2D eigenvalue weighted by Gasteiger charge is -2.26. The Balaban J connectivity index is 1.49. The van der Waals surface area contributed by atoms with Crippen molar-refractivity contribution in [3.05, 3.63) is 70.3 Å². The number of rotatable bonds is 4. The molecule has 4 rings (SSSR count). The molecule has 2 aromatic heterocycles. The van der Waals surface area contributed by atoms with Gasteiger partial charge in [0, 0.05) is 18.4 Å². The number of pyridine rings is 1. The molecule has 0 saturated heterocycles. The second-order valence-corrected chi connectivity index (χ2v) is 7.58. The van der Waals surface area contributed by atoms with Gasteiger partial charge < -0.3 is 10.4 Å². The Kier molecular flexibility index (Phi) is 5.31. The molecule has 7 heteroatoms. The first kappa shape index (κ1) is 19.1. The van der Waals surface area contributed by atoms with Crippen molar-refractivity contribution in [1.82, 2.24) is 20.1 Å². The fourth-order valence-corrected chi connectivity index (χ4v) is 3.62. The van der Waals surface area contributed by atoms with Crippen LogP contribution in [0.4, 0.5) is 0 Å². The highest BCUT2D eigenvalue weighted by molar-refractivity contribution is 5.94. The summed E-state index contributed by atoms with van der Waals surface area (Å²) >= 11 is 0. The van der Waals surface area contributed by atoms with Gasteiger partial charge in [-0.25, -0.2) is 9.67 Å². The van der Waals surface area contributed by atoms with E-state index in [1.54, 1.807) is 18.3 Å². The number of nitrogens with one attached hydrogen (secondary N) is 2. The van der Waals surface area contributed by atoms with E-state index < -0.39 is 0 Å². The summed E-state index contributed by atoms with van der Waals surface area (Å²) in [6.45, 7) is 2.00. The smallest absolute Gasteiger partial charge is 0.280 e. The molecule has 3 N–H and O–H groups in total. The number of amides is 1. The molecule has 0 atom stereocenters. The van der Waals surface area contributed by atoms with Gasteiger partial charge in [-0.1, -0.05) is 29.8 Å². The van der Waals surface area contributed by atoms with Crippen LogP contribution in [0.2, 0.25) is 0 Å². The van der Waals surface area contributed by atoms with E-state index in [1.807, 2.05) is 31.2 Å². The SMILES string of the molecule is Cc1ccc(-c2c[nH]n(-c3ccc(C(=O)NC4CCC(O)CC4)cn3)c2=O)cc1. The average Bonchev–Trinajstić information content (AvgIpc) is 3.12. The molecular formula is C22H24N4O3. The quantitative estimate of drug-likeness (QED) is 0.635. The van der Waals surface area contributed by atoms with E-state index in [0.717, 1.165) is 24.0 Å². The van der Waals surface area contributed by atoms with Gasteiger partial charge in [-0.15, -0.1) is 0 Å². The van der Waals surface area contributed by atoms with Gasteiger partial charge in [-0.3, -0.25) is 14.7 Å². The standard InChI is InChI=1S/C22H24N4O3/c1-14-2-4-15(5-3-14)19-13-24-26(22(19)29)20-11-6-16(12-23-20)21(28)25-17-7-9-18(27)10-8-17/h2-6,11-13,17-18,24,27H,7-10H2,1H3,(H,25,28). The van der Waals surface area contributed by atoms with Crippen LogP contribution in [0.3, 0.4) is 0 Å². The predicted octanol–water partition coefficient (Wildman–Crippen LogP) is 2.57. The molecule has 0 bridgehead atoms. The summed E-state index contributed by atoms with van der Waals surface area (Å²) in [6.07, 6.45) is 5.85. The highest BCUT2D eigenvalue weighted by Gasteiger charge is 2.21. The highest BCUT2D eigenvalue weighted by Crippen LogP contribution is 2.19. The van der Waals surface area contributed by atoms with Crippen molar-refractivity contribution >= 4 is 5.91 Å². The van der Waals surface area contributed by atoms with Crippen LogP contribution in [0.1, 0.15) is 41.6 Å². The molecule has 2 heterocycles. The van der Waals surface area contributed by atoms with Crippen LogP contribution in [0, 0.1) is 6.92 Å². The zero-order valence-corrected chi connectivity index (χ0v) is 16.3. The molecule has 1 aromatic carbocycles. The van der Waals surface area contributed by atoms with Crippen molar-refractivity contribution in [3.8, 4) is 16.9 Å². The van der Waals surface area contributed by atoms with E-state index in [9.17, 15) is 14.7 Å². The third kappa shape index (κ3) is 4.14. The average molecular weight is 392 g/mol. The fraction of sp³-hybridized carbons (Fsp3) is 0.318. The number of H-pyrrole nitrogens is 1. The summed E-state index contributed by atoms with van der Waals surface area (Å²) in [7, 11) is 0. The first-order valence-electron chi connectivity index (χ1n) is 9.84. The van der Waals surface area contributed by atoms with Gasteiger partial charge in [0.1, 0.15) is 0 Å². The first-order valence-corrected chi connectivity index (χ1v) is 9.84. The Bertz CT molecular complexity index is 1040. The number of hydrogen-bond donors (Lipinski definition) is 3. The van der Waals surface area contributed by atoms with Crippen molar-refractivity contribution in [2.45, 2.75) is 44.8 Å². The molecule has 1 fully saturated rings. The van der Waals surface area contributed by atoms with Gasteiger partial charge in [-0.05, 0) is 50.3 Å². The van der Waals surface area contributed by atoms with E-state index in [-0.39, 0.29) is 23.6 Å². The molecule has 0 unspecified atom stereocenters. The van der Waals surface area contributed by atoms with Crippen molar-refractivity contribution in [2.24, 2.45) is 0 Å². The van der Waals surface area contributed by atoms with E-state index in [0.29, 0.717) is 29.8 Å². The molecule has 3 aromatic rings. The number of carbonyl (C=O) groups excluding carboxylic acids is 1. The Hall–Kier alpha value is -3.19. The summed E-state index contributed by atoms with van der Waals surface area (Å²) in [6, 6.07) is 11.1. The van der Waals surface area contributed by atoms with Gasteiger partial charge in [0.15, 0.2) is 5.82 Å². The molecule has 0 spiro atoms. The summed E-state index contributed by atoms with van der Waals surface area (Å²) in [5.74, 6) is 0.232. The van der Waals surface area contributed by atoms with Gasteiger partial charge in [0.2, 0.25) is 0 Å². The maximum absolute atomic E-state index is 12.8. The molecule has 0 aliphatic heterocycles. The zero-order valence-electron chi connectivity index (χ0n) is 16.3. The molecule has 1 aliphatic rings. The Labute approximate surface area is 168 Å². The number of hydrogen-bond acceptors (Lipinski definition) is 4. The van der Waals surface area contributed by atoms with E-state index in [4.69, 9.17) is 0 Å². The molecule has 1 amide bonds. The van der Waals surface area contributed by atoms with Crippen LogP contribution in [0.25, 0.3) is 16.9 Å². The van der Waals surface area contributed by atoms with E-state index in [1.165, 1.54) is 10.9 Å². The molecular weight excluding hydrogens is 368 g/mol. The lowest BCUT2D eigenvalue weighted by molar-refractivity contribution is 0.0867. The maximum atomic E-state index is 12.8. The molecule has 0 radical (unpaired) electrons. The summed E-state index contributed by atoms with van der Waals surface area (Å²) in [5, 5.41) is 15.5. The second-order valence-electron chi connectivity index (χ2n) is 7.58. The molecule has 29 heavy (non-hydrogen) atoms. The normalized spacial score (nSPS) is 19.1. The van der Waals surface area contributed by atoms with Crippen LogP contribution in [0.15, 0.2) is 53.6 Å². The Morgan fingerprint density at radius 3 is 2.52 bits per heavy atom. The van der Waals surface area contributed by atoms with E-state index in [2.05, 4.69) is 15.4 Å². The van der Waals surface area contributed by atoms with Crippen molar-refractivity contribution in [2.75, 3.05) is 0 Å². The van der Waals surface area contributed by atoms with Crippen LogP contribution >= 0.6 is 0 Å². The fourth-order valence-electron chi connectivity index (χ4n) is 3.62. The number of aromatic nitrogens is 3. The first-order chi connectivity index (χ1) is 14.0. The summed E-state index contributed by atoms with van der Waals surface area (Å²) in [5.41, 5.74) is 2.78. The van der Waals surface area contributed by atoms with Crippen molar-refractivity contribution < 1.29 is 9.90 Å². The number of nitrogens with zero attached hydrogens (tertiary/aromatic N) is 2.